The first-order valence-corrected chi connectivity index (χ1v) is 5.50. The van der Waals surface area contributed by atoms with E-state index in [1.807, 2.05) is 6.07 Å². The highest BCUT2D eigenvalue weighted by atomic mass is 16.5. The van der Waals surface area contributed by atoms with Gasteiger partial charge in [0.05, 0.1) is 18.9 Å². The van der Waals surface area contributed by atoms with Gasteiger partial charge in [-0.1, -0.05) is 0 Å². The van der Waals surface area contributed by atoms with Crippen molar-refractivity contribution in [2.75, 3.05) is 7.11 Å². The third kappa shape index (κ3) is 3.19. The van der Waals surface area contributed by atoms with Crippen LogP contribution in [0.25, 0.3) is 0 Å². The monoisotopic (exact) mass is 260 g/mol. The van der Waals surface area contributed by atoms with Crippen molar-refractivity contribution in [1.29, 1.82) is 0 Å². The lowest BCUT2D eigenvalue weighted by Crippen LogP contribution is -2.02. The predicted octanol–water partition coefficient (Wildman–Crippen LogP) is 1.76. The van der Waals surface area contributed by atoms with Crippen LogP contribution in [0.3, 0.4) is 0 Å². The van der Waals surface area contributed by atoms with E-state index in [1.165, 1.54) is 19.4 Å². The van der Waals surface area contributed by atoms with E-state index in [0.29, 0.717) is 11.6 Å². The molecule has 0 fully saturated rings. The van der Waals surface area contributed by atoms with Crippen LogP contribution in [0.1, 0.15) is 16.1 Å². The summed E-state index contributed by atoms with van der Waals surface area (Å²) in [5.41, 5.74) is 0.776. The number of carboxylic acid groups (broad SMARTS) is 1. The second kappa shape index (κ2) is 5.81. The first-order valence-electron chi connectivity index (χ1n) is 5.50. The molecule has 0 atom stereocenters. The molecule has 19 heavy (non-hydrogen) atoms. The van der Waals surface area contributed by atoms with Crippen molar-refractivity contribution >= 4 is 5.97 Å². The molecule has 1 N–H and O–H groups in total. The zero-order valence-corrected chi connectivity index (χ0v) is 10.2. The normalized spacial score (nSPS) is 9.95. The van der Waals surface area contributed by atoms with Crippen molar-refractivity contribution in [2.45, 2.75) is 6.61 Å². The molecule has 0 bridgehead atoms. The molecule has 6 heteroatoms. The smallest absolute Gasteiger partial charge is 0.354 e. The molecule has 0 saturated heterocycles. The second-order valence-corrected chi connectivity index (χ2v) is 3.64. The topological polar surface area (TPSA) is 81.5 Å². The first kappa shape index (κ1) is 12.8. The van der Waals surface area contributed by atoms with Crippen LogP contribution in [-0.4, -0.2) is 28.2 Å². The Morgan fingerprint density at radius 1 is 1.32 bits per heavy atom. The molecule has 0 amide bonds. The van der Waals surface area contributed by atoms with Gasteiger partial charge in [-0.15, -0.1) is 0 Å². The molecule has 2 aromatic heterocycles. The lowest BCUT2D eigenvalue weighted by atomic mass is 10.3. The number of rotatable bonds is 5. The Morgan fingerprint density at radius 2 is 2.16 bits per heavy atom. The molecule has 0 radical (unpaired) electrons. The van der Waals surface area contributed by atoms with Crippen LogP contribution in [0.5, 0.6) is 11.6 Å². The minimum absolute atomic E-state index is 0.0219. The number of nitrogens with zero attached hydrogens (tertiary/aromatic N) is 2. The number of hydrogen-bond donors (Lipinski definition) is 1. The molecule has 2 heterocycles. The van der Waals surface area contributed by atoms with Crippen LogP contribution in [0.15, 0.2) is 36.7 Å². The van der Waals surface area contributed by atoms with Crippen LogP contribution >= 0.6 is 0 Å². The fraction of sp³-hybridized carbons (Fsp3) is 0.154. The highest BCUT2D eigenvalue weighted by molar-refractivity contribution is 5.85. The second-order valence-electron chi connectivity index (χ2n) is 3.64. The molecule has 0 saturated carbocycles. The van der Waals surface area contributed by atoms with Crippen molar-refractivity contribution in [3.63, 3.8) is 0 Å². The van der Waals surface area contributed by atoms with Gasteiger partial charge in [0, 0.05) is 6.20 Å². The summed E-state index contributed by atoms with van der Waals surface area (Å²) < 4.78 is 10.6. The molecule has 0 aliphatic carbocycles. The lowest BCUT2D eigenvalue weighted by Gasteiger charge is -2.08. The van der Waals surface area contributed by atoms with Gasteiger partial charge in [-0.25, -0.2) is 14.8 Å². The highest BCUT2D eigenvalue weighted by Gasteiger charge is 2.06. The van der Waals surface area contributed by atoms with E-state index >= 15 is 0 Å². The Bertz CT molecular complexity index is 569. The van der Waals surface area contributed by atoms with Gasteiger partial charge in [0.2, 0.25) is 5.88 Å². The van der Waals surface area contributed by atoms with Crippen molar-refractivity contribution in [2.24, 2.45) is 0 Å². The van der Waals surface area contributed by atoms with E-state index in [4.69, 9.17) is 14.6 Å². The van der Waals surface area contributed by atoms with E-state index < -0.39 is 5.97 Å². The van der Waals surface area contributed by atoms with Gasteiger partial charge in [0.1, 0.15) is 18.1 Å². The van der Waals surface area contributed by atoms with Crippen LogP contribution < -0.4 is 9.47 Å². The number of hydrogen-bond acceptors (Lipinski definition) is 5. The number of carboxylic acids is 1. The van der Waals surface area contributed by atoms with Gasteiger partial charge in [0.15, 0.2) is 0 Å². The molecular weight excluding hydrogens is 248 g/mol. The molecule has 0 aliphatic heterocycles. The van der Waals surface area contributed by atoms with Crippen LogP contribution in [0.2, 0.25) is 0 Å². The number of aromatic nitrogens is 2. The Morgan fingerprint density at radius 3 is 2.79 bits per heavy atom. The van der Waals surface area contributed by atoms with E-state index in [-0.39, 0.29) is 12.3 Å². The van der Waals surface area contributed by atoms with Gasteiger partial charge in [-0.05, 0) is 24.3 Å². The van der Waals surface area contributed by atoms with E-state index in [0.717, 1.165) is 5.56 Å². The fourth-order valence-corrected chi connectivity index (χ4v) is 1.47. The van der Waals surface area contributed by atoms with Gasteiger partial charge in [-0.2, -0.15) is 0 Å². The summed E-state index contributed by atoms with van der Waals surface area (Å²) in [6.45, 7) is 0.269. The summed E-state index contributed by atoms with van der Waals surface area (Å²) in [6, 6.07) is 6.56. The molecule has 6 nitrogen and oxygen atoms in total. The predicted molar refractivity (Wildman–Crippen MR) is 66.3 cm³/mol. The summed E-state index contributed by atoms with van der Waals surface area (Å²) in [5, 5.41) is 8.72. The Hall–Kier alpha value is -2.63. The van der Waals surface area contributed by atoms with Crippen LogP contribution in [0.4, 0.5) is 0 Å². The molecule has 2 aromatic rings. The lowest BCUT2D eigenvalue weighted by molar-refractivity contribution is 0.0690. The molecule has 0 aromatic carbocycles. The van der Waals surface area contributed by atoms with Gasteiger partial charge < -0.3 is 14.6 Å². The Kier molecular flexibility index (Phi) is 3.92. The SMILES string of the molecule is COc1ncccc1COc1ccc(C(=O)O)nc1. The summed E-state index contributed by atoms with van der Waals surface area (Å²) >= 11 is 0. The first-order chi connectivity index (χ1) is 9.20. The molecule has 0 unspecified atom stereocenters. The molecule has 0 aliphatic rings. The van der Waals surface area contributed by atoms with Gasteiger partial charge in [0.25, 0.3) is 0 Å². The number of methoxy groups -OCH3 is 1. The van der Waals surface area contributed by atoms with E-state index in [2.05, 4.69) is 9.97 Å². The Balaban J connectivity index is 2.04. The van der Waals surface area contributed by atoms with E-state index in [1.54, 1.807) is 18.3 Å². The highest BCUT2D eigenvalue weighted by Crippen LogP contribution is 2.17. The number of aromatic carboxylic acids is 1. The average molecular weight is 260 g/mol. The summed E-state index contributed by atoms with van der Waals surface area (Å²) in [5.74, 6) is -0.0889. The third-order valence-corrected chi connectivity index (χ3v) is 2.39. The average Bonchev–Trinajstić information content (AvgIpc) is 2.45. The zero-order valence-electron chi connectivity index (χ0n) is 10.2. The van der Waals surface area contributed by atoms with Crippen molar-refractivity contribution in [1.82, 2.24) is 9.97 Å². The molecular formula is C13H12N2O4. The van der Waals surface area contributed by atoms with Crippen molar-refractivity contribution in [3.05, 3.63) is 47.9 Å². The Labute approximate surface area is 109 Å². The maximum Gasteiger partial charge on any atom is 0.354 e. The third-order valence-electron chi connectivity index (χ3n) is 2.39. The van der Waals surface area contributed by atoms with Gasteiger partial charge in [-0.3, -0.25) is 0 Å². The summed E-state index contributed by atoms with van der Waals surface area (Å²) in [6.07, 6.45) is 3.00. The van der Waals surface area contributed by atoms with Crippen LogP contribution in [-0.2, 0) is 6.61 Å². The van der Waals surface area contributed by atoms with Crippen molar-refractivity contribution in [3.8, 4) is 11.6 Å². The minimum atomic E-state index is -1.07. The maximum absolute atomic E-state index is 10.6. The van der Waals surface area contributed by atoms with E-state index in [9.17, 15) is 4.79 Å². The molecule has 2 rings (SSSR count). The van der Waals surface area contributed by atoms with Gasteiger partial charge >= 0.3 is 5.97 Å². The number of pyridine rings is 2. The quantitative estimate of drug-likeness (QED) is 0.882. The maximum atomic E-state index is 10.6. The fourth-order valence-electron chi connectivity index (χ4n) is 1.47. The summed E-state index contributed by atoms with van der Waals surface area (Å²) in [4.78, 5) is 18.5. The standard InChI is InChI=1S/C13H12N2O4/c1-18-12-9(3-2-6-14-12)8-19-10-4-5-11(13(16)17)15-7-10/h2-7H,8H2,1H3,(H,16,17). The van der Waals surface area contributed by atoms with Crippen LogP contribution in [0, 0.1) is 0 Å². The number of carbonyl (C=O) groups is 1. The summed E-state index contributed by atoms with van der Waals surface area (Å²) in [7, 11) is 1.54. The molecule has 98 valence electrons. The zero-order chi connectivity index (χ0) is 13.7. The molecule has 0 spiro atoms. The largest absolute Gasteiger partial charge is 0.487 e. The minimum Gasteiger partial charge on any atom is -0.487 e. The number of ether oxygens (including phenoxy) is 2. The van der Waals surface area contributed by atoms with Crippen molar-refractivity contribution < 1.29 is 19.4 Å².